The van der Waals surface area contributed by atoms with Gasteiger partial charge in [-0.25, -0.2) is 4.79 Å². The summed E-state index contributed by atoms with van der Waals surface area (Å²) in [5.74, 6) is -0.375. The number of furan rings is 1. The van der Waals surface area contributed by atoms with Gasteiger partial charge in [0.05, 0.1) is 10.4 Å². The molecule has 0 unspecified atom stereocenters. The van der Waals surface area contributed by atoms with Crippen LogP contribution in [0.1, 0.15) is 58.4 Å². The van der Waals surface area contributed by atoms with E-state index in [9.17, 15) is 14.4 Å². The third-order valence-electron chi connectivity index (χ3n) is 4.88. The average Bonchev–Trinajstić information content (AvgIpc) is 3.20. The summed E-state index contributed by atoms with van der Waals surface area (Å²) in [6.45, 7) is 4.56. The zero-order chi connectivity index (χ0) is 21.8. The lowest BCUT2D eigenvalue weighted by atomic mass is 10.1. The van der Waals surface area contributed by atoms with E-state index in [-0.39, 0.29) is 18.7 Å². The van der Waals surface area contributed by atoms with E-state index in [0.717, 1.165) is 19.3 Å². The van der Waals surface area contributed by atoms with Crippen molar-refractivity contribution in [3.05, 3.63) is 27.5 Å². The predicted molar refractivity (Wildman–Crippen MR) is 107 cm³/mol. The maximum absolute atomic E-state index is 12.6. The van der Waals surface area contributed by atoms with Crippen molar-refractivity contribution in [1.29, 1.82) is 0 Å². The molecular weight excluding hydrogens is 416 g/mol. The van der Waals surface area contributed by atoms with Gasteiger partial charge in [-0.3, -0.25) is 14.2 Å². The van der Waals surface area contributed by atoms with Crippen molar-refractivity contribution < 1.29 is 28.2 Å². The Bertz CT molecular complexity index is 983. The lowest BCUT2D eigenvalue weighted by Gasteiger charge is -2.17. The number of hydrogen-bond donors (Lipinski definition) is 0. The fraction of sp³-hybridized carbons (Fsp3) is 0.600. The largest absolute Gasteiger partial charge is 0.463 e. The number of aryl methyl sites for hydroxylation is 1. The predicted octanol–water partition coefficient (Wildman–Crippen LogP) is 3.16. The Morgan fingerprint density at radius 3 is 2.73 bits per heavy atom. The van der Waals surface area contributed by atoms with Crippen molar-refractivity contribution in [3.8, 4) is 0 Å². The molecule has 0 amide bonds. The Morgan fingerprint density at radius 2 is 2.07 bits per heavy atom. The normalized spacial score (nSPS) is 21.1. The molecule has 9 nitrogen and oxygen atoms in total. The van der Waals surface area contributed by atoms with Gasteiger partial charge >= 0.3 is 17.6 Å². The quantitative estimate of drug-likeness (QED) is 0.454. The van der Waals surface area contributed by atoms with Crippen LogP contribution in [0.15, 0.2) is 15.4 Å². The van der Waals surface area contributed by atoms with Crippen LogP contribution in [-0.4, -0.2) is 40.3 Å². The van der Waals surface area contributed by atoms with Crippen LogP contribution < -0.4 is 5.69 Å². The van der Waals surface area contributed by atoms with Gasteiger partial charge in [-0.05, 0) is 6.42 Å². The first kappa shape index (κ1) is 22.3. The molecule has 1 saturated heterocycles. The summed E-state index contributed by atoms with van der Waals surface area (Å²) in [6, 6.07) is 0. The van der Waals surface area contributed by atoms with Crippen LogP contribution in [0.3, 0.4) is 0 Å². The van der Waals surface area contributed by atoms with Crippen molar-refractivity contribution in [2.45, 2.75) is 71.3 Å². The summed E-state index contributed by atoms with van der Waals surface area (Å²) < 4.78 is 23.1. The SMILES string of the molecule is CCCCCc1oc2nc(=O)n([C@H]3C[C@H](OC(C)=O)[C@@H](COC(C)=O)O3)cc2c1Cl. The average molecular weight is 441 g/mol. The number of fused-ring (bicyclic) bond motifs is 1. The zero-order valence-corrected chi connectivity index (χ0v) is 17.9. The van der Waals surface area contributed by atoms with Gasteiger partial charge in [-0.1, -0.05) is 31.4 Å². The van der Waals surface area contributed by atoms with Gasteiger partial charge in [0.2, 0.25) is 5.71 Å². The third kappa shape index (κ3) is 5.02. The lowest BCUT2D eigenvalue weighted by molar-refractivity contribution is -0.155. The molecule has 0 bridgehead atoms. The second-order valence-corrected chi connectivity index (χ2v) is 7.64. The first-order valence-electron chi connectivity index (χ1n) is 9.96. The summed E-state index contributed by atoms with van der Waals surface area (Å²) in [4.78, 5) is 39.1. The molecule has 3 rings (SSSR count). The minimum absolute atomic E-state index is 0.0950. The highest BCUT2D eigenvalue weighted by Crippen LogP contribution is 2.33. The highest BCUT2D eigenvalue weighted by Gasteiger charge is 2.40. The van der Waals surface area contributed by atoms with Gasteiger partial charge in [0.25, 0.3) is 0 Å². The molecule has 1 fully saturated rings. The molecule has 1 aliphatic rings. The molecule has 2 aromatic rings. The van der Waals surface area contributed by atoms with E-state index in [0.29, 0.717) is 22.6 Å². The highest BCUT2D eigenvalue weighted by atomic mass is 35.5. The summed E-state index contributed by atoms with van der Waals surface area (Å²) in [7, 11) is 0. The van der Waals surface area contributed by atoms with Gasteiger partial charge in [-0.15, -0.1) is 0 Å². The maximum atomic E-state index is 12.6. The van der Waals surface area contributed by atoms with E-state index in [2.05, 4.69) is 11.9 Å². The van der Waals surface area contributed by atoms with Crippen LogP contribution >= 0.6 is 11.6 Å². The minimum Gasteiger partial charge on any atom is -0.463 e. The van der Waals surface area contributed by atoms with Crippen LogP contribution in [0.25, 0.3) is 11.1 Å². The number of esters is 2. The molecule has 3 atom stereocenters. The third-order valence-corrected chi connectivity index (χ3v) is 5.30. The monoisotopic (exact) mass is 440 g/mol. The van der Waals surface area contributed by atoms with E-state index in [1.807, 2.05) is 0 Å². The van der Waals surface area contributed by atoms with E-state index < -0.39 is 36.1 Å². The van der Waals surface area contributed by atoms with Gasteiger partial charge in [0, 0.05) is 32.9 Å². The number of halogens is 1. The summed E-state index contributed by atoms with van der Waals surface area (Å²) in [5, 5.41) is 0.937. The van der Waals surface area contributed by atoms with Crippen LogP contribution in [0.5, 0.6) is 0 Å². The summed E-state index contributed by atoms with van der Waals surface area (Å²) in [5.41, 5.74) is -0.397. The number of ether oxygens (including phenoxy) is 3. The van der Waals surface area contributed by atoms with Crippen LogP contribution in [-0.2, 0) is 30.2 Å². The molecule has 10 heteroatoms. The van der Waals surface area contributed by atoms with Crippen molar-refractivity contribution in [1.82, 2.24) is 9.55 Å². The van der Waals surface area contributed by atoms with E-state index >= 15 is 0 Å². The van der Waals surface area contributed by atoms with Crippen molar-refractivity contribution in [2.24, 2.45) is 0 Å². The van der Waals surface area contributed by atoms with Crippen LogP contribution in [0, 0.1) is 0 Å². The first-order chi connectivity index (χ1) is 14.3. The highest BCUT2D eigenvalue weighted by molar-refractivity contribution is 6.35. The number of carbonyl (C=O) groups excluding carboxylic acids is 2. The molecule has 0 aromatic carbocycles. The Hall–Kier alpha value is -2.39. The fourth-order valence-corrected chi connectivity index (χ4v) is 3.72. The molecule has 30 heavy (non-hydrogen) atoms. The fourth-order valence-electron chi connectivity index (χ4n) is 3.45. The molecule has 3 heterocycles. The number of rotatable bonds is 8. The van der Waals surface area contributed by atoms with Crippen LogP contribution in [0.2, 0.25) is 5.02 Å². The lowest BCUT2D eigenvalue weighted by Crippen LogP contribution is -2.31. The Morgan fingerprint density at radius 1 is 1.30 bits per heavy atom. The number of nitrogens with zero attached hydrogens (tertiary/aromatic N) is 2. The molecule has 1 aliphatic heterocycles. The van der Waals surface area contributed by atoms with E-state index in [4.69, 9.17) is 30.2 Å². The van der Waals surface area contributed by atoms with Crippen molar-refractivity contribution in [2.75, 3.05) is 6.61 Å². The molecule has 0 aliphatic carbocycles. The topological polar surface area (TPSA) is 110 Å². The Kier molecular flexibility index (Phi) is 7.14. The zero-order valence-electron chi connectivity index (χ0n) is 17.2. The number of carbonyl (C=O) groups is 2. The van der Waals surface area contributed by atoms with Gasteiger partial charge < -0.3 is 18.6 Å². The molecule has 0 saturated carbocycles. The number of aromatic nitrogens is 2. The standard InChI is InChI=1S/C20H25ClN2O7/c1-4-5-6-7-14-18(21)13-9-23(20(26)22-19(13)30-14)17-8-15(28-12(3)25)16(29-17)10-27-11(2)24/h9,15-17H,4-8,10H2,1-3H3/t15-,16+,17+/m0/s1. The van der Waals surface area contributed by atoms with E-state index in [1.54, 1.807) is 6.20 Å². The number of hydrogen-bond acceptors (Lipinski definition) is 8. The number of unbranched alkanes of at least 4 members (excludes halogenated alkanes) is 2. The molecule has 2 aromatic heterocycles. The smallest absolute Gasteiger partial charge is 0.353 e. The van der Waals surface area contributed by atoms with Crippen molar-refractivity contribution >= 4 is 34.6 Å². The second kappa shape index (κ2) is 9.61. The van der Waals surface area contributed by atoms with Crippen LogP contribution in [0.4, 0.5) is 0 Å². The van der Waals surface area contributed by atoms with Crippen molar-refractivity contribution in [3.63, 3.8) is 0 Å². The molecule has 0 radical (unpaired) electrons. The molecule has 164 valence electrons. The van der Waals surface area contributed by atoms with E-state index in [1.165, 1.54) is 18.4 Å². The summed E-state index contributed by atoms with van der Waals surface area (Å²) >= 11 is 6.46. The second-order valence-electron chi connectivity index (χ2n) is 7.26. The molecular formula is C20H25ClN2O7. The maximum Gasteiger partial charge on any atom is 0.353 e. The minimum atomic E-state index is -0.756. The Balaban J connectivity index is 1.86. The summed E-state index contributed by atoms with van der Waals surface area (Å²) in [6.07, 6.45) is 3.33. The molecule has 0 N–H and O–H groups in total. The van der Waals surface area contributed by atoms with Gasteiger partial charge in [0.15, 0.2) is 0 Å². The molecule has 0 spiro atoms. The van der Waals surface area contributed by atoms with Gasteiger partial charge in [-0.2, -0.15) is 4.98 Å². The first-order valence-corrected chi connectivity index (χ1v) is 10.3. The Labute approximate surface area is 178 Å². The van der Waals surface area contributed by atoms with Gasteiger partial charge in [0.1, 0.15) is 30.8 Å².